The summed E-state index contributed by atoms with van der Waals surface area (Å²) in [5.41, 5.74) is 1.53. The van der Waals surface area contributed by atoms with E-state index >= 15 is 0 Å². The van der Waals surface area contributed by atoms with Gasteiger partial charge in [-0.1, -0.05) is 6.07 Å². The molecular weight excluding hydrogens is 202 g/mol. The number of aliphatic hydroxyl groups is 1. The van der Waals surface area contributed by atoms with Crippen molar-refractivity contribution in [2.75, 3.05) is 0 Å². The van der Waals surface area contributed by atoms with Crippen LogP contribution >= 0.6 is 0 Å². The summed E-state index contributed by atoms with van der Waals surface area (Å²) in [7, 11) is 0. The third-order valence-electron chi connectivity index (χ3n) is 1.78. The summed E-state index contributed by atoms with van der Waals surface area (Å²) < 4.78 is 19.3. The molecule has 0 aliphatic heterocycles. The van der Waals surface area contributed by atoms with Crippen molar-refractivity contribution in [2.45, 2.75) is 12.4 Å². The van der Waals surface area contributed by atoms with Crippen molar-refractivity contribution in [3.05, 3.63) is 34.9 Å². The van der Waals surface area contributed by atoms with Crippen molar-refractivity contribution < 1.29 is 13.9 Å². The smallest absolute Gasteiger partial charge is 0.157 e. The van der Waals surface area contributed by atoms with E-state index < -0.39 is 11.1 Å². The third-order valence-corrected chi connectivity index (χ3v) is 2.34. The Morgan fingerprint density at radius 3 is 2.64 bits per heavy atom. The molecule has 14 heavy (non-hydrogen) atoms. The molecule has 1 aromatic carbocycles. The van der Waals surface area contributed by atoms with Crippen LogP contribution in [-0.2, 0) is 23.4 Å². The molecule has 1 rings (SSSR count). The van der Waals surface area contributed by atoms with Gasteiger partial charge >= 0.3 is 0 Å². The summed E-state index contributed by atoms with van der Waals surface area (Å²) in [6.45, 7) is -0.196. The molecule has 0 fully saturated rings. The lowest BCUT2D eigenvalue weighted by Crippen LogP contribution is -1.99. The molecule has 0 saturated heterocycles. The molecular formula is C9H9NO3S. The number of nitriles is 1. The van der Waals surface area contributed by atoms with E-state index in [2.05, 4.69) is 0 Å². The molecule has 0 saturated carbocycles. The number of rotatable bonds is 3. The van der Waals surface area contributed by atoms with Crippen molar-refractivity contribution in [3.8, 4) is 6.07 Å². The summed E-state index contributed by atoms with van der Waals surface area (Å²) in [4.78, 5) is 0. The van der Waals surface area contributed by atoms with Crippen molar-refractivity contribution in [1.29, 1.82) is 5.26 Å². The van der Waals surface area contributed by atoms with Crippen LogP contribution in [0.4, 0.5) is 0 Å². The zero-order chi connectivity index (χ0) is 10.6. The molecule has 74 valence electrons. The van der Waals surface area contributed by atoms with E-state index in [1.165, 1.54) is 6.07 Å². The quantitative estimate of drug-likeness (QED) is 0.723. The Balaban J connectivity index is 3.09. The summed E-state index contributed by atoms with van der Waals surface area (Å²) in [5.74, 6) is -0.0641. The van der Waals surface area contributed by atoms with Gasteiger partial charge in [0.25, 0.3) is 0 Å². The van der Waals surface area contributed by atoms with E-state index in [4.69, 9.17) is 14.9 Å². The molecule has 0 spiro atoms. The second-order valence-electron chi connectivity index (χ2n) is 2.72. The van der Waals surface area contributed by atoms with Gasteiger partial charge in [0.2, 0.25) is 0 Å². The highest BCUT2D eigenvalue weighted by Crippen LogP contribution is 2.13. The van der Waals surface area contributed by atoms with Crippen molar-refractivity contribution >= 4 is 11.1 Å². The van der Waals surface area contributed by atoms with Gasteiger partial charge in [0.15, 0.2) is 11.1 Å². The Bertz CT molecular complexity index is 398. The topological polar surface area (TPSA) is 81.3 Å². The van der Waals surface area contributed by atoms with Gasteiger partial charge in [-0.15, -0.1) is 0 Å². The minimum absolute atomic E-state index is 0.0641. The van der Waals surface area contributed by atoms with Crippen LogP contribution in [0.15, 0.2) is 18.2 Å². The van der Waals surface area contributed by atoms with Gasteiger partial charge in [-0.25, -0.2) is 4.21 Å². The molecule has 1 unspecified atom stereocenters. The summed E-state index contributed by atoms with van der Waals surface area (Å²) in [5, 5.41) is 17.5. The van der Waals surface area contributed by atoms with E-state index in [0.717, 1.165) is 0 Å². The number of aliphatic hydroxyl groups excluding tert-OH is 1. The van der Waals surface area contributed by atoms with Crippen LogP contribution < -0.4 is 0 Å². The Morgan fingerprint density at radius 2 is 2.14 bits per heavy atom. The Morgan fingerprint density at radius 1 is 1.43 bits per heavy atom. The van der Waals surface area contributed by atoms with Gasteiger partial charge in [0.1, 0.15) is 0 Å². The van der Waals surface area contributed by atoms with E-state index in [0.29, 0.717) is 16.7 Å². The lowest BCUT2D eigenvalue weighted by Gasteiger charge is -2.04. The molecule has 5 heteroatoms. The molecule has 1 aromatic rings. The van der Waals surface area contributed by atoms with Crippen LogP contribution in [0.1, 0.15) is 16.7 Å². The standard InChI is InChI=1S/C9H9NO3S/c10-4-7-1-2-8(5-11)9(3-7)6-14(12)13/h1-3,11H,5-6H2,(H,12,13). The van der Waals surface area contributed by atoms with E-state index in [1.807, 2.05) is 6.07 Å². The number of hydrogen-bond acceptors (Lipinski definition) is 3. The number of hydrogen-bond donors (Lipinski definition) is 2. The monoisotopic (exact) mass is 211 g/mol. The van der Waals surface area contributed by atoms with Gasteiger partial charge in [-0.2, -0.15) is 5.26 Å². The lowest BCUT2D eigenvalue weighted by atomic mass is 10.1. The predicted octanol–water partition coefficient (Wildman–Crippen LogP) is 0.772. The first-order chi connectivity index (χ1) is 6.67. The zero-order valence-electron chi connectivity index (χ0n) is 7.30. The molecule has 1 atom stereocenters. The normalized spacial score (nSPS) is 12.1. The Labute approximate surface area is 84.1 Å². The van der Waals surface area contributed by atoms with Crippen LogP contribution in [0, 0.1) is 11.3 Å². The zero-order valence-corrected chi connectivity index (χ0v) is 8.12. The molecule has 4 nitrogen and oxygen atoms in total. The molecule has 0 aliphatic carbocycles. The lowest BCUT2D eigenvalue weighted by molar-refractivity contribution is 0.281. The minimum atomic E-state index is -1.96. The van der Waals surface area contributed by atoms with Crippen LogP contribution in [0.3, 0.4) is 0 Å². The second-order valence-corrected chi connectivity index (χ2v) is 3.65. The molecule has 0 amide bonds. The van der Waals surface area contributed by atoms with Crippen molar-refractivity contribution in [2.24, 2.45) is 0 Å². The van der Waals surface area contributed by atoms with Gasteiger partial charge < -0.3 is 9.66 Å². The summed E-state index contributed by atoms with van der Waals surface area (Å²) in [6.07, 6.45) is 0. The first-order valence-electron chi connectivity index (χ1n) is 3.87. The highest BCUT2D eigenvalue weighted by atomic mass is 32.2. The average molecular weight is 211 g/mol. The van der Waals surface area contributed by atoms with Crippen LogP contribution in [-0.4, -0.2) is 13.9 Å². The highest BCUT2D eigenvalue weighted by Gasteiger charge is 2.05. The molecule has 0 aromatic heterocycles. The fourth-order valence-electron chi connectivity index (χ4n) is 1.12. The molecule has 0 bridgehead atoms. The van der Waals surface area contributed by atoms with Gasteiger partial charge in [-0.3, -0.25) is 0 Å². The molecule has 0 radical (unpaired) electrons. The van der Waals surface area contributed by atoms with Gasteiger partial charge in [0.05, 0.1) is 24.0 Å². The number of nitrogens with zero attached hydrogens (tertiary/aromatic N) is 1. The van der Waals surface area contributed by atoms with Crippen LogP contribution in [0.5, 0.6) is 0 Å². The number of benzene rings is 1. The Kier molecular flexibility index (Phi) is 3.77. The van der Waals surface area contributed by atoms with Gasteiger partial charge in [0, 0.05) is 0 Å². The second kappa shape index (κ2) is 4.86. The van der Waals surface area contributed by atoms with Crippen molar-refractivity contribution in [1.82, 2.24) is 0 Å². The maximum Gasteiger partial charge on any atom is 0.157 e. The van der Waals surface area contributed by atoms with E-state index in [1.54, 1.807) is 12.1 Å². The summed E-state index contributed by atoms with van der Waals surface area (Å²) in [6, 6.07) is 6.59. The average Bonchev–Trinajstić information content (AvgIpc) is 2.16. The largest absolute Gasteiger partial charge is 0.392 e. The van der Waals surface area contributed by atoms with Crippen LogP contribution in [0.25, 0.3) is 0 Å². The highest BCUT2D eigenvalue weighted by molar-refractivity contribution is 7.78. The van der Waals surface area contributed by atoms with E-state index in [9.17, 15) is 4.21 Å². The maximum atomic E-state index is 10.6. The van der Waals surface area contributed by atoms with Crippen molar-refractivity contribution in [3.63, 3.8) is 0 Å². The maximum absolute atomic E-state index is 10.6. The molecule has 0 aliphatic rings. The fraction of sp³-hybridized carbons (Fsp3) is 0.222. The first kappa shape index (κ1) is 10.9. The third kappa shape index (κ3) is 2.64. The van der Waals surface area contributed by atoms with Crippen LogP contribution in [0.2, 0.25) is 0 Å². The fourth-order valence-corrected chi connectivity index (χ4v) is 1.65. The summed E-state index contributed by atoms with van der Waals surface area (Å²) >= 11 is -1.96. The van der Waals surface area contributed by atoms with E-state index in [-0.39, 0.29) is 12.4 Å². The minimum Gasteiger partial charge on any atom is -0.392 e. The Hall–Kier alpha value is -1.22. The molecule has 2 N–H and O–H groups in total. The first-order valence-corrected chi connectivity index (χ1v) is 5.15. The SMILES string of the molecule is N#Cc1ccc(CO)c(CS(=O)O)c1. The predicted molar refractivity (Wildman–Crippen MR) is 51.6 cm³/mol. The molecule has 0 heterocycles. The van der Waals surface area contributed by atoms with Gasteiger partial charge in [-0.05, 0) is 23.3 Å².